The Morgan fingerprint density at radius 3 is 1.89 bits per heavy atom. The van der Waals surface area contributed by atoms with Gasteiger partial charge in [0.1, 0.15) is 0 Å². The average Bonchev–Trinajstić information content (AvgIpc) is 2.44. The minimum absolute atomic E-state index is 0.243. The van der Waals surface area contributed by atoms with Crippen molar-refractivity contribution in [2.75, 3.05) is 47.1 Å². The molecule has 6 heteroatoms. The maximum atomic E-state index is 11.1. The van der Waals surface area contributed by atoms with Gasteiger partial charge in [-0.05, 0) is 13.3 Å². The number of carbonyl (C=O) groups excluding carboxylic acids is 2. The Hall–Kier alpha value is -1.14. The van der Waals surface area contributed by atoms with Gasteiger partial charge in [-0.15, -0.1) is 0 Å². The second-order valence-corrected chi connectivity index (χ2v) is 4.04. The minimum Gasteiger partial charge on any atom is -0.469 e. The topological polar surface area (TPSA) is 65.1 Å². The van der Waals surface area contributed by atoms with E-state index >= 15 is 0 Å². The molecule has 0 aromatic rings. The van der Waals surface area contributed by atoms with Gasteiger partial charge in [-0.1, -0.05) is 0 Å². The Bertz CT molecular complexity index is 237. The van der Waals surface area contributed by atoms with Crippen LogP contribution < -0.4 is 0 Å². The van der Waals surface area contributed by atoms with Crippen molar-refractivity contribution < 1.29 is 23.8 Å². The highest BCUT2D eigenvalue weighted by Gasteiger charge is 2.10. The number of methoxy groups -OCH3 is 2. The molecule has 0 N–H and O–H groups in total. The summed E-state index contributed by atoms with van der Waals surface area (Å²) < 4.78 is 14.5. The number of hydrogen-bond acceptors (Lipinski definition) is 6. The van der Waals surface area contributed by atoms with Crippen LogP contribution in [0, 0.1) is 0 Å². The van der Waals surface area contributed by atoms with Crippen molar-refractivity contribution in [2.24, 2.45) is 0 Å². The maximum absolute atomic E-state index is 11.1. The lowest BCUT2D eigenvalue weighted by molar-refractivity contribution is -0.141. The Morgan fingerprint density at radius 1 is 0.947 bits per heavy atom. The molecule has 0 aromatic carbocycles. The molecular formula is C13H25NO5. The van der Waals surface area contributed by atoms with Gasteiger partial charge < -0.3 is 19.1 Å². The summed E-state index contributed by atoms with van der Waals surface area (Å²) in [6.45, 7) is 5.28. The first-order valence-corrected chi connectivity index (χ1v) is 6.57. The van der Waals surface area contributed by atoms with Crippen LogP contribution in [0.4, 0.5) is 0 Å². The van der Waals surface area contributed by atoms with E-state index in [2.05, 4.69) is 9.47 Å². The molecule has 0 amide bonds. The predicted molar refractivity (Wildman–Crippen MR) is 70.8 cm³/mol. The molecule has 0 bridgehead atoms. The van der Waals surface area contributed by atoms with Crippen LogP contribution in [0.5, 0.6) is 0 Å². The Morgan fingerprint density at radius 2 is 1.47 bits per heavy atom. The first-order chi connectivity index (χ1) is 9.13. The lowest BCUT2D eigenvalue weighted by atomic mass is 10.3. The van der Waals surface area contributed by atoms with Gasteiger partial charge in [0.2, 0.25) is 0 Å². The summed E-state index contributed by atoms with van der Waals surface area (Å²) in [5.41, 5.74) is 0. The van der Waals surface area contributed by atoms with Gasteiger partial charge >= 0.3 is 11.9 Å². The monoisotopic (exact) mass is 275 g/mol. The van der Waals surface area contributed by atoms with E-state index in [9.17, 15) is 9.59 Å². The molecule has 0 saturated carbocycles. The SMILES string of the molecule is CCOCCCN(CCC(=O)OC)CCC(=O)OC. The second-order valence-electron chi connectivity index (χ2n) is 4.04. The number of rotatable bonds is 11. The zero-order chi connectivity index (χ0) is 14.5. The van der Waals surface area contributed by atoms with E-state index in [0.29, 0.717) is 39.1 Å². The number of carbonyl (C=O) groups is 2. The highest BCUT2D eigenvalue weighted by Crippen LogP contribution is 1.99. The summed E-state index contributed by atoms with van der Waals surface area (Å²) in [6.07, 6.45) is 1.52. The van der Waals surface area contributed by atoms with Gasteiger partial charge in [0.15, 0.2) is 0 Å². The van der Waals surface area contributed by atoms with E-state index in [1.807, 2.05) is 11.8 Å². The molecule has 0 atom stereocenters. The third-order valence-electron chi connectivity index (χ3n) is 2.69. The summed E-state index contributed by atoms with van der Waals surface area (Å²) >= 11 is 0. The third-order valence-corrected chi connectivity index (χ3v) is 2.69. The largest absolute Gasteiger partial charge is 0.469 e. The van der Waals surface area contributed by atoms with Gasteiger partial charge in [-0.25, -0.2) is 0 Å². The molecule has 19 heavy (non-hydrogen) atoms. The minimum atomic E-state index is -0.243. The van der Waals surface area contributed by atoms with Crippen LogP contribution in [0.3, 0.4) is 0 Å². The molecule has 0 fully saturated rings. The fourth-order valence-electron chi connectivity index (χ4n) is 1.57. The summed E-state index contributed by atoms with van der Waals surface area (Å²) in [5, 5.41) is 0. The summed E-state index contributed by atoms with van der Waals surface area (Å²) in [7, 11) is 2.74. The van der Waals surface area contributed by atoms with Gasteiger partial charge in [0.25, 0.3) is 0 Å². The molecule has 0 unspecified atom stereocenters. The van der Waals surface area contributed by atoms with Crippen molar-refractivity contribution in [3.8, 4) is 0 Å². The quantitative estimate of drug-likeness (QED) is 0.411. The van der Waals surface area contributed by atoms with Crippen molar-refractivity contribution in [1.82, 2.24) is 4.90 Å². The second kappa shape index (κ2) is 11.9. The number of hydrogen-bond donors (Lipinski definition) is 0. The first-order valence-electron chi connectivity index (χ1n) is 6.57. The predicted octanol–water partition coefficient (Wildman–Crippen LogP) is 0.841. The highest BCUT2D eigenvalue weighted by atomic mass is 16.5. The van der Waals surface area contributed by atoms with Crippen LogP contribution in [-0.4, -0.2) is 63.9 Å². The molecular weight excluding hydrogens is 250 g/mol. The fraction of sp³-hybridized carbons (Fsp3) is 0.846. The van der Waals surface area contributed by atoms with Crippen LogP contribution in [0.25, 0.3) is 0 Å². The smallest absolute Gasteiger partial charge is 0.306 e. The van der Waals surface area contributed by atoms with Gasteiger partial charge in [-0.3, -0.25) is 9.59 Å². The Kier molecular flexibility index (Phi) is 11.2. The molecule has 0 aliphatic rings. The van der Waals surface area contributed by atoms with E-state index in [1.165, 1.54) is 14.2 Å². The molecule has 6 nitrogen and oxygen atoms in total. The normalized spacial score (nSPS) is 10.5. The van der Waals surface area contributed by atoms with Gasteiger partial charge in [-0.2, -0.15) is 0 Å². The average molecular weight is 275 g/mol. The summed E-state index contributed by atoms with van der Waals surface area (Å²) in [5.74, 6) is -0.485. The van der Waals surface area contributed by atoms with Crippen LogP contribution in [0.1, 0.15) is 26.2 Å². The third kappa shape index (κ3) is 10.5. The van der Waals surface area contributed by atoms with Crippen LogP contribution in [0.15, 0.2) is 0 Å². The summed E-state index contributed by atoms with van der Waals surface area (Å²) in [4.78, 5) is 24.3. The first kappa shape index (κ1) is 17.9. The molecule has 0 spiro atoms. The fourth-order valence-corrected chi connectivity index (χ4v) is 1.57. The number of esters is 2. The van der Waals surface area contributed by atoms with Crippen LogP contribution in [-0.2, 0) is 23.8 Å². The molecule has 112 valence electrons. The van der Waals surface area contributed by atoms with Crippen molar-refractivity contribution in [2.45, 2.75) is 26.2 Å². The van der Waals surface area contributed by atoms with Crippen LogP contribution in [0.2, 0.25) is 0 Å². The van der Waals surface area contributed by atoms with E-state index in [-0.39, 0.29) is 11.9 Å². The summed E-state index contributed by atoms with van der Waals surface area (Å²) in [6, 6.07) is 0. The lowest BCUT2D eigenvalue weighted by Crippen LogP contribution is -2.31. The zero-order valence-corrected chi connectivity index (χ0v) is 12.1. The van der Waals surface area contributed by atoms with Crippen molar-refractivity contribution in [3.63, 3.8) is 0 Å². The Labute approximate surface area is 115 Å². The lowest BCUT2D eigenvalue weighted by Gasteiger charge is -2.21. The van der Waals surface area contributed by atoms with E-state index in [4.69, 9.17) is 4.74 Å². The Balaban J connectivity index is 3.98. The van der Waals surface area contributed by atoms with E-state index < -0.39 is 0 Å². The maximum Gasteiger partial charge on any atom is 0.306 e. The highest BCUT2D eigenvalue weighted by molar-refractivity contribution is 5.70. The molecule has 0 heterocycles. The van der Waals surface area contributed by atoms with Crippen molar-refractivity contribution >= 4 is 11.9 Å². The molecule has 0 radical (unpaired) electrons. The van der Waals surface area contributed by atoms with Crippen molar-refractivity contribution in [1.29, 1.82) is 0 Å². The molecule has 0 rings (SSSR count). The molecule has 0 aliphatic carbocycles. The van der Waals surface area contributed by atoms with Crippen molar-refractivity contribution in [3.05, 3.63) is 0 Å². The zero-order valence-electron chi connectivity index (χ0n) is 12.1. The standard InChI is InChI=1S/C13H25NO5/c1-4-19-11-5-8-14(9-6-12(15)17-2)10-7-13(16)18-3/h4-11H2,1-3H3. The number of nitrogens with zero attached hydrogens (tertiary/aromatic N) is 1. The molecule has 0 aliphatic heterocycles. The van der Waals surface area contributed by atoms with E-state index in [0.717, 1.165) is 13.0 Å². The number of ether oxygens (including phenoxy) is 3. The van der Waals surface area contributed by atoms with Gasteiger partial charge in [0, 0.05) is 32.8 Å². The molecule has 0 saturated heterocycles. The van der Waals surface area contributed by atoms with Crippen LogP contribution >= 0.6 is 0 Å². The molecule has 0 aromatic heterocycles. The van der Waals surface area contributed by atoms with Gasteiger partial charge in [0.05, 0.1) is 27.1 Å². The van der Waals surface area contributed by atoms with E-state index in [1.54, 1.807) is 0 Å².